The molecule has 1 aliphatic heterocycles. The average molecular weight is 364 g/mol. The van der Waals surface area contributed by atoms with Crippen LogP contribution in [0, 0.1) is 0 Å². The lowest BCUT2D eigenvalue weighted by Gasteiger charge is -2.31. The van der Waals surface area contributed by atoms with Gasteiger partial charge in [0.25, 0.3) is 0 Å². The Hall–Kier alpha value is -0.700. The number of pyridine rings is 1. The van der Waals surface area contributed by atoms with Gasteiger partial charge in [-0.15, -0.1) is 0 Å². The molecule has 1 saturated heterocycles. The summed E-state index contributed by atoms with van der Waals surface area (Å²) in [5.74, 6) is 0.354. The average Bonchev–Trinajstić information content (AvgIpc) is 2.47. The van der Waals surface area contributed by atoms with E-state index in [1.807, 2.05) is 0 Å². The summed E-state index contributed by atoms with van der Waals surface area (Å²) in [5, 5.41) is 2.82. The number of nitrogens with zero attached hydrogens (tertiary/aromatic N) is 2. The van der Waals surface area contributed by atoms with Gasteiger partial charge in [0.2, 0.25) is 10.0 Å². The van der Waals surface area contributed by atoms with Crippen LogP contribution in [0.1, 0.15) is 12.8 Å². The standard InChI is InChI=1S/C12H18BrN3O3S/c1-14-12-11(6-9(13)7-15-12)20(17,18)16-5-3-4-10(8-16)19-2/h6-7,10H,3-5,8H2,1-2H3,(H,14,15). The predicted octanol–water partition coefficient (Wildman–Crippen LogP) is 1.69. The predicted molar refractivity (Wildman–Crippen MR) is 80.3 cm³/mol. The molecular formula is C12H18BrN3O3S. The zero-order valence-electron chi connectivity index (χ0n) is 11.5. The summed E-state index contributed by atoms with van der Waals surface area (Å²) in [6, 6.07) is 1.57. The molecule has 1 atom stereocenters. The maximum Gasteiger partial charge on any atom is 0.246 e. The molecule has 1 unspecified atom stereocenters. The van der Waals surface area contributed by atoms with E-state index in [1.165, 1.54) is 4.31 Å². The molecule has 0 aromatic carbocycles. The summed E-state index contributed by atoms with van der Waals surface area (Å²) in [6.07, 6.45) is 3.21. The third-order valence-electron chi connectivity index (χ3n) is 3.35. The van der Waals surface area contributed by atoms with Gasteiger partial charge in [0.05, 0.1) is 6.10 Å². The molecule has 1 aromatic rings. The lowest BCUT2D eigenvalue weighted by molar-refractivity contribution is 0.0572. The van der Waals surface area contributed by atoms with E-state index >= 15 is 0 Å². The Morgan fingerprint density at radius 3 is 2.95 bits per heavy atom. The van der Waals surface area contributed by atoms with Gasteiger partial charge in [-0.25, -0.2) is 13.4 Å². The van der Waals surface area contributed by atoms with E-state index in [0.29, 0.717) is 23.4 Å². The molecule has 112 valence electrons. The van der Waals surface area contributed by atoms with E-state index in [0.717, 1.165) is 12.8 Å². The van der Waals surface area contributed by atoms with E-state index in [1.54, 1.807) is 26.4 Å². The normalized spacial score (nSPS) is 20.9. The van der Waals surface area contributed by atoms with Crippen LogP contribution in [0.5, 0.6) is 0 Å². The number of rotatable bonds is 4. The minimum Gasteiger partial charge on any atom is -0.380 e. The van der Waals surface area contributed by atoms with E-state index in [9.17, 15) is 8.42 Å². The molecule has 2 rings (SSSR count). The molecule has 1 aliphatic rings. The lowest BCUT2D eigenvalue weighted by atomic mass is 10.1. The third kappa shape index (κ3) is 3.13. The van der Waals surface area contributed by atoms with Gasteiger partial charge in [0.1, 0.15) is 10.7 Å². The number of nitrogens with one attached hydrogen (secondary N) is 1. The van der Waals surface area contributed by atoms with Crippen LogP contribution in [-0.2, 0) is 14.8 Å². The van der Waals surface area contributed by atoms with Crippen molar-refractivity contribution in [2.75, 3.05) is 32.6 Å². The Labute approximate surface area is 127 Å². The molecule has 0 amide bonds. The Morgan fingerprint density at radius 2 is 2.30 bits per heavy atom. The van der Waals surface area contributed by atoms with Gasteiger partial charge in [-0.3, -0.25) is 0 Å². The van der Waals surface area contributed by atoms with Crippen LogP contribution in [0.3, 0.4) is 0 Å². The second-order valence-corrected chi connectivity index (χ2v) is 7.44. The summed E-state index contributed by atoms with van der Waals surface area (Å²) >= 11 is 3.27. The molecular weight excluding hydrogens is 346 g/mol. The van der Waals surface area contributed by atoms with Crippen LogP contribution in [0.2, 0.25) is 0 Å². The van der Waals surface area contributed by atoms with E-state index in [4.69, 9.17) is 4.74 Å². The van der Waals surface area contributed by atoms with Crippen molar-refractivity contribution in [2.45, 2.75) is 23.8 Å². The number of methoxy groups -OCH3 is 1. The van der Waals surface area contributed by atoms with Crippen molar-refractivity contribution in [3.8, 4) is 0 Å². The first kappa shape index (κ1) is 15.7. The highest BCUT2D eigenvalue weighted by molar-refractivity contribution is 9.10. The smallest absolute Gasteiger partial charge is 0.246 e. The zero-order valence-corrected chi connectivity index (χ0v) is 13.9. The number of sulfonamides is 1. The van der Waals surface area contributed by atoms with Crippen molar-refractivity contribution in [3.63, 3.8) is 0 Å². The van der Waals surface area contributed by atoms with Crippen LogP contribution >= 0.6 is 15.9 Å². The van der Waals surface area contributed by atoms with Crippen LogP contribution in [-0.4, -0.2) is 51.1 Å². The topological polar surface area (TPSA) is 71.5 Å². The van der Waals surface area contributed by atoms with Crippen molar-refractivity contribution in [3.05, 3.63) is 16.7 Å². The molecule has 1 N–H and O–H groups in total. The monoisotopic (exact) mass is 363 g/mol. The highest BCUT2D eigenvalue weighted by atomic mass is 79.9. The minimum absolute atomic E-state index is 0.0447. The highest BCUT2D eigenvalue weighted by Gasteiger charge is 2.32. The van der Waals surface area contributed by atoms with Crippen LogP contribution < -0.4 is 5.32 Å². The summed E-state index contributed by atoms with van der Waals surface area (Å²) in [4.78, 5) is 4.29. The van der Waals surface area contributed by atoms with E-state index in [2.05, 4.69) is 26.2 Å². The largest absolute Gasteiger partial charge is 0.380 e. The number of aromatic nitrogens is 1. The highest BCUT2D eigenvalue weighted by Crippen LogP contribution is 2.28. The third-order valence-corrected chi connectivity index (χ3v) is 5.66. The molecule has 0 bridgehead atoms. The quantitative estimate of drug-likeness (QED) is 0.880. The Bertz CT molecular complexity index is 579. The molecule has 8 heteroatoms. The fraction of sp³-hybridized carbons (Fsp3) is 0.583. The first-order chi connectivity index (χ1) is 9.48. The van der Waals surface area contributed by atoms with E-state index in [-0.39, 0.29) is 11.0 Å². The van der Waals surface area contributed by atoms with Crippen LogP contribution in [0.4, 0.5) is 5.82 Å². The van der Waals surface area contributed by atoms with E-state index < -0.39 is 10.0 Å². The summed E-state index contributed by atoms with van der Waals surface area (Å²) in [5.41, 5.74) is 0. The first-order valence-electron chi connectivity index (χ1n) is 6.35. The number of anilines is 1. The maximum atomic E-state index is 12.8. The molecule has 0 spiro atoms. The molecule has 0 aliphatic carbocycles. The Kier molecular flexibility index (Phi) is 5.00. The molecule has 2 heterocycles. The van der Waals surface area contributed by atoms with Gasteiger partial charge in [0, 0.05) is 37.9 Å². The van der Waals surface area contributed by atoms with Gasteiger partial charge in [-0.05, 0) is 34.8 Å². The fourth-order valence-electron chi connectivity index (χ4n) is 2.26. The zero-order chi connectivity index (χ0) is 14.8. The van der Waals surface area contributed by atoms with Crippen LogP contribution in [0.25, 0.3) is 0 Å². The molecule has 1 aromatic heterocycles. The Balaban J connectivity index is 2.37. The number of piperidine rings is 1. The van der Waals surface area contributed by atoms with Gasteiger partial charge in [-0.2, -0.15) is 4.31 Å². The number of halogens is 1. The van der Waals surface area contributed by atoms with Crippen molar-refractivity contribution in [1.29, 1.82) is 0 Å². The molecule has 6 nitrogen and oxygen atoms in total. The summed E-state index contributed by atoms with van der Waals surface area (Å²) in [7, 11) is -0.304. The number of hydrogen-bond acceptors (Lipinski definition) is 5. The van der Waals surface area contributed by atoms with Crippen molar-refractivity contribution in [1.82, 2.24) is 9.29 Å². The summed E-state index contributed by atoms with van der Waals surface area (Å²) in [6.45, 7) is 0.895. The summed E-state index contributed by atoms with van der Waals surface area (Å²) < 4.78 is 32.9. The maximum absolute atomic E-state index is 12.8. The van der Waals surface area contributed by atoms with Gasteiger partial charge < -0.3 is 10.1 Å². The molecule has 0 radical (unpaired) electrons. The van der Waals surface area contributed by atoms with Crippen molar-refractivity contribution >= 4 is 31.8 Å². The van der Waals surface area contributed by atoms with Crippen molar-refractivity contribution in [2.24, 2.45) is 0 Å². The molecule has 20 heavy (non-hydrogen) atoms. The SMILES string of the molecule is CNc1ncc(Br)cc1S(=O)(=O)N1CCCC(OC)C1. The van der Waals surface area contributed by atoms with Gasteiger partial charge >= 0.3 is 0 Å². The number of ether oxygens (including phenoxy) is 1. The number of hydrogen-bond donors (Lipinski definition) is 1. The fourth-order valence-corrected chi connectivity index (χ4v) is 4.43. The van der Waals surface area contributed by atoms with Crippen molar-refractivity contribution < 1.29 is 13.2 Å². The molecule has 1 fully saturated rings. The van der Waals surface area contributed by atoms with Gasteiger partial charge in [0.15, 0.2) is 0 Å². The van der Waals surface area contributed by atoms with Crippen LogP contribution in [0.15, 0.2) is 21.6 Å². The second-order valence-electron chi connectivity index (χ2n) is 4.61. The van der Waals surface area contributed by atoms with Gasteiger partial charge in [-0.1, -0.05) is 0 Å². The lowest BCUT2D eigenvalue weighted by Crippen LogP contribution is -2.43. The first-order valence-corrected chi connectivity index (χ1v) is 8.58. The second kappa shape index (κ2) is 6.38. The Morgan fingerprint density at radius 1 is 1.55 bits per heavy atom. The minimum atomic E-state index is -3.57. The molecule has 0 saturated carbocycles.